The van der Waals surface area contributed by atoms with Gasteiger partial charge in [-0.15, -0.1) is 0 Å². The lowest BCUT2D eigenvalue weighted by atomic mass is 9.85. The Morgan fingerprint density at radius 3 is 1.97 bits per heavy atom. The number of benzene rings is 3. The monoisotopic (exact) mass is 496 g/mol. The molecule has 192 valence electrons. The van der Waals surface area contributed by atoms with Gasteiger partial charge < -0.3 is 15.4 Å². The molecule has 0 aliphatic rings. The number of para-hydroxylation sites is 1. The summed E-state index contributed by atoms with van der Waals surface area (Å²) < 4.78 is 0. The molecule has 0 bridgehead atoms. The number of carbonyl (C=O) groups excluding carboxylic acids is 1. The molecule has 3 N–H and O–H groups in total. The van der Waals surface area contributed by atoms with Crippen LogP contribution in [0.3, 0.4) is 0 Å². The highest BCUT2D eigenvalue weighted by Crippen LogP contribution is 2.26. The third-order valence-electron chi connectivity index (χ3n) is 7.83. The number of carboxylic acid groups (broad SMARTS) is 1. The van der Waals surface area contributed by atoms with E-state index in [-0.39, 0.29) is 12.3 Å². The fraction of sp³-hybridized carbons (Fsp3) is 0.312. The standard InChI is InChI=1S/C32H36N2O3/c1-20-10-8-12-24(22(20)3)16-26(17-25-13-9-11-21(2)23(25)4)30(35)34-32(5,31(36)37)18-27-19-33-29-15-7-6-14-28(27)29/h6-15,19,26,33H,16-18H2,1-5H3,(H,34,35)(H,36,37)/t32-/m1/s1. The largest absolute Gasteiger partial charge is 0.480 e. The molecule has 5 nitrogen and oxygen atoms in total. The molecule has 4 aromatic rings. The van der Waals surface area contributed by atoms with Crippen LogP contribution in [0.1, 0.15) is 45.9 Å². The molecule has 0 aliphatic carbocycles. The molecule has 1 amide bonds. The summed E-state index contributed by atoms with van der Waals surface area (Å²) in [6.45, 7) is 9.90. The van der Waals surface area contributed by atoms with Gasteiger partial charge in [-0.3, -0.25) is 4.79 Å². The lowest BCUT2D eigenvalue weighted by molar-refractivity contribution is -0.147. The highest BCUT2D eigenvalue weighted by Gasteiger charge is 2.37. The molecule has 3 aromatic carbocycles. The number of hydrogen-bond donors (Lipinski definition) is 3. The maximum atomic E-state index is 13.9. The van der Waals surface area contributed by atoms with Crippen molar-refractivity contribution in [3.05, 3.63) is 106 Å². The maximum absolute atomic E-state index is 13.9. The highest BCUT2D eigenvalue weighted by atomic mass is 16.4. The molecular formula is C32H36N2O3. The van der Waals surface area contributed by atoms with Gasteiger partial charge in [0.1, 0.15) is 5.54 Å². The van der Waals surface area contributed by atoms with Gasteiger partial charge in [-0.25, -0.2) is 4.79 Å². The zero-order valence-electron chi connectivity index (χ0n) is 22.3. The average Bonchev–Trinajstić information content (AvgIpc) is 3.26. The van der Waals surface area contributed by atoms with Gasteiger partial charge in [-0.05, 0) is 92.5 Å². The molecule has 0 saturated carbocycles. The Bertz CT molecular complexity index is 1400. The molecule has 5 heteroatoms. The fourth-order valence-corrected chi connectivity index (χ4v) is 5.06. The van der Waals surface area contributed by atoms with E-state index in [1.165, 1.54) is 22.3 Å². The van der Waals surface area contributed by atoms with Gasteiger partial charge in [0.25, 0.3) is 0 Å². The van der Waals surface area contributed by atoms with Crippen LogP contribution in [0.25, 0.3) is 10.9 Å². The van der Waals surface area contributed by atoms with Crippen LogP contribution in [0.5, 0.6) is 0 Å². The minimum Gasteiger partial charge on any atom is -0.480 e. The van der Waals surface area contributed by atoms with Gasteiger partial charge in [0.2, 0.25) is 5.91 Å². The number of aromatic amines is 1. The molecule has 0 radical (unpaired) electrons. The van der Waals surface area contributed by atoms with Crippen molar-refractivity contribution in [1.29, 1.82) is 0 Å². The number of aliphatic carboxylic acids is 1. The topological polar surface area (TPSA) is 82.2 Å². The van der Waals surface area contributed by atoms with Gasteiger partial charge in [0.05, 0.1) is 0 Å². The molecule has 0 spiro atoms. The van der Waals surface area contributed by atoms with Crippen molar-refractivity contribution in [3.63, 3.8) is 0 Å². The van der Waals surface area contributed by atoms with E-state index in [1.807, 2.05) is 42.6 Å². The molecule has 1 aromatic heterocycles. The van der Waals surface area contributed by atoms with Crippen LogP contribution < -0.4 is 5.32 Å². The molecule has 0 fully saturated rings. The Kier molecular flexibility index (Phi) is 7.53. The van der Waals surface area contributed by atoms with Gasteiger partial charge in [-0.2, -0.15) is 0 Å². The Hall–Kier alpha value is -3.86. The van der Waals surface area contributed by atoms with Crippen molar-refractivity contribution in [2.24, 2.45) is 5.92 Å². The second kappa shape index (κ2) is 10.6. The van der Waals surface area contributed by atoms with Crippen LogP contribution in [0.15, 0.2) is 66.9 Å². The van der Waals surface area contributed by atoms with Gasteiger partial charge in [0.15, 0.2) is 0 Å². The van der Waals surface area contributed by atoms with Crippen LogP contribution in [-0.4, -0.2) is 27.5 Å². The normalized spacial score (nSPS) is 13.0. The Morgan fingerprint density at radius 1 is 0.838 bits per heavy atom. The van der Waals surface area contributed by atoms with Crippen LogP contribution in [0.2, 0.25) is 0 Å². The summed E-state index contributed by atoms with van der Waals surface area (Å²) in [7, 11) is 0. The first-order valence-corrected chi connectivity index (χ1v) is 12.8. The number of H-pyrrole nitrogens is 1. The van der Waals surface area contributed by atoms with Crippen molar-refractivity contribution >= 4 is 22.8 Å². The number of carboxylic acids is 1. The van der Waals surface area contributed by atoms with Crippen molar-refractivity contribution in [2.45, 2.75) is 59.4 Å². The number of aryl methyl sites for hydroxylation is 2. The van der Waals surface area contributed by atoms with E-state index in [1.54, 1.807) is 6.92 Å². The Morgan fingerprint density at radius 2 is 1.41 bits per heavy atom. The predicted octanol–water partition coefficient (Wildman–Crippen LogP) is 6.01. The predicted molar refractivity (Wildman–Crippen MR) is 149 cm³/mol. The SMILES string of the molecule is Cc1cccc(CC(Cc2cccc(C)c2C)C(=O)N[C@](C)(Cc2c[nH]c3ccccc23)C(=O)O)c1C. The molecule has 0 aliphatic heterocycles. The third kappa shape index (κ3) is 5.61. The first-order chi connectivity index (χ1) is 17.6. The summed E-state index contributed by atoms with van der Waals surface area (Å²) in [5, 5.41) is 14.2. The first kappa shape index (κ1) is 26.2. The molecule has 37 heavy (non-hydrogen) atoms. The van der Waals surface area contributed by atoms with E-state index in [2.05, 4.69) is 62.3 Å². The summed E-state index contributed by atoms with van der Waals surface area (Å²) >= 11 is 0. The number of fused-ring (bicyclic) bond motifs is 1. The molecule has 0 unspecified atom stereocenters. The summed E-state index contributed by atoms with van der Waals surface area (Å²) in [6.07, 6.45) is 3.09. The fourth-order valence-electron chi connectivity index (χ4n) is 5.06. The van der Waals surface area contributed by atoms with Crippen molar-refractivity contribution in [3.8, 4) is 0 Å². The molecule has 1 atom stereocenters. The molecule has 4 rings (SSSR count). The number of carbonyl (C=O) groups is 2. The Labute approximate surface area is 218 Å². The van der Waals surface area contributed by atoms with Gasteiger partial charge in [-0.1, -0.05) is 54.6 Å². The number of aromatic nitrogens is 1. The molecular weight excluding hydrogens is 460 g/mol. The first-order valence-electron chi connectivity index (χ1n) is 12.8. The van der Waals surface area contributed by atoms with Crippen molar-refractivity contribution in [2.75, 3.05) is 0 Å². The van der Waals surface area contributed by atoms with Gasteiger partial charge in [0, 0.05) is 29.4 Å². The second-order valence-corrected chi connectivity index (χ2v) is 10.5. The number of amides is 1. The number of rotatable bonds is 9. The van der Waals surface area contributed by atoms with E-state index >= 15 is 0 Å². The summed E-state index contributed by atoms with van der Waals surface area (Å²) in [6, 6.07) is 20.1. The van der Waals surface area contributed by atoms with Gasteiger partial charge >= 0.3 is 5.97 Å². The van der Waals surface area contributed by atoms with Crippen LogP contribution in [-0.2, 0) is 28.9 Å². The maximum Gasteiger partial charge on any atom is 0.329 e. The Balaban J connectivity index is 1.66. The summed E-state index contributed by atoms with van der Waals surface area (Å²) in [5.74, 6) is -1.71. The highest BCUT2D eigenvalue weighted by molar-refractivity contribution is 5.90. The lowest BCUT2D eigenvalue weighted by Gasteiger charge is -2.29. The van der Waals surface area contributed by atoms with E-state index in [4.69, 9.17) is 0 Å². The van der Waals surface area contributed by atoms with E-state index in [9.17, 15) is 14.7 Å². The minimum absolute atomic E-state index is 0.178. The second-order valence-electron chi connectivity index (χ2n) is 10.5. The van der Waals surface area contributed by atoms with Crippen LogP contribution in [0.4, 0.5) is 0 Å². The molecule has 1 heterocycles. The lowest BCUT2D eigenvalue weighted by Crippen LogP contribution is -2.55. The zero-order chi connectivity index (χ0) is 26.7. The van der Waals surface area contributed by atoms with Crippen molar-refractivity contribution < 1.29 is 14.7 Å². The van der Waals surface area contributed by atoms with Crippen LogP contribution >= 0.6 is 0 Å². The third-order valence-corrected chi connectivity index (χ3v) is 7.83. The summed E-state index contributed by atoms with van der Waals surface area (Å²) in [4.78, 5) is 29.6. The van der Waals surface area contributed by atoms with Crippen LogP contribution in [0, 0.1) is 33.6 Å². The smallest absolute Gasteiger partial charge is 0.329 e. The van der Waals surface area contributed by atoms with E-state index < -0.39 is 17.4 Å². The summed E-state index contributed by atoms with van der Waals surface area (Å²) in [5.41, 5.74) is 7.26. The molecule has 0 saturated heterocycles. The number of nitrogens with one attached hydrogen (secondary N) is 2. The quantitative estimate of drug-likeness (QED) is 0.266. The average molecular weight is 497 g/mol. The minimum atomic E-state index is -1.45. The zero-order valence-corrected chi connectivity index (χ0v) is 22.3. The number of hydrogen-bond acceptors (Lipinski definition) is 2. The van der Waals surface area contributed by atoms with E-state index in [0.717, 1.165) is 27.6 Å². The van der Waals surface area contributed by atoms with Crippen molar-refractivity contribution in [1.82, 2.24) is 10.3 Å². The van der Waals surface area contributed by atoms with E-state index in [0.29, 0.717) is 12.8 Å².